The van der Waals surface area contributed by atoms with E-state index in [1.807, 2.05) is 6.07 Å². The van der Waals surface area contributed by atoms with Crippen LogP contribution >= 0.6 is 0 Å². The van der Waals surface area contributed by atoms with E-state index in [-0.39, 0.29) is 31.3 Å². The molecule has 0 spiro atoms. The van der Waals surface area contributed by atoms with Gasteiger partial charge in [-0.2, -0.15) is 11.1 Å². The number of allylic oxidation sites excluding steroid dienone is 6. The van der Waals surface area contributed by atoms with Crippen LogP contribution in [0.4, 0.5) is 0 Å². The molecule has 0 fully saturated rings. The summed E-state index contributed by atoms with van der Waals surface area (Å²) in [4.78, 5) is 0. The minimum atomic E-state index is 0. The van der Waals surface area contributed by atoms with E-state index in [2.05, 4.69) is 79.7 Å². The van der Waals surface area contributed by atoms with E-state index < -0.39 is 0 Å². The van der Waals surface area contributed by atoms with Crippen molar-refractivity contribution in [1.82, 2.24) is 0 Å². The summed E-state index contributed by atoms with van der Waals surface area (Å²) in [6, 6.07) is 9.57. The average molecular weight is 471 g/mol. The van der Waals surface area contributed by atoms with Crippen LogP contribution in [0.1, 0.15) is 72.4 Å². The molecule has 0 aliphatic heterocycles. The van der Waals surface area contributed by atoms with Gasteiger partial charge in [-0.15, -0.1) is 53.5 Å². The van der Waals surface area contributed by atoms with Gasteiger partial charge in [0.15, 0.2) is 0 Å². The van der Waals surface area contributed by atoms with Gasteiger partial charge in [-0.3, -0.25) is 6.08 Å². The van der Waals surface area contributed by atoms with Crippen LogP contribution in [-0.2, 0) is 25.8 Å². The molecule has 0 heterocycles. The molecule has 23 heavy (non-hydrogen) atoms. The molecule has 0 bridgehead atoms. The first-order valence-electron chi connectivity index (χ1n) is 8.15. The molecule has 0 amide bonds. The van der Waals surface area contributed by atoms with Crippen LogP contribution in [0.15, 0.2) is 40.5 Å². The van der Waals surface area contributed by atoms with Gasteiger partial charge >= 0.3 is 0 Å². The Morgan fingerprint density at radius 1 is 1.00 bits per heavy atom. The van der Waals surface area contributed by atoms with Gasteiger partial charge in [0, 0.05) is 25.8 Å². The van der Waals surface area contributed by atoms with E-state index in [0.29, 0.717) is 5.92 Å². The van der Waals surface area contributed by atoms with Gasteiger partial charge in [0.1, 0.15) is 0 Å². The number of rotatable bonds is 0. The van der Waals surface area contributed by atoms with Crippen molar-refractivity contribution in [2.45, 2.75) is 61.3 Å². The first-order chi connectivity index (χ1) is 10.2. The van der Waals surface area contributed by atoms with Crippen molar-refractivity contribution in [2.75, 3.05) is 0 Å². The maximum atomic E-state index is 3.44. The fraction of sp³-hybridized carbons (Fsp3) is 0.455. The second kappa shape index (κ2) is 7.47. The van der Waals surface area contributed by atoms with Crippen molar-refractivity contribution in [3.05, 3.63) is 63.8 Å². The molecule has 0 aromatic heterocycles. The van der Waals surface area contributed by atoms with E-state index >= 15 is 0 Å². The van der Waals surface area contributed by atoms with Crippen LogP contribution in [0.2, 0.25) is 0 Å². The Bertz CT molecular complexity index is 684. The van der Waals surface area contributed by atoms with Gasteiger partial charge in [0.25, 0.3) is 0 Å². The molecule has 1 atom stereocenters. The topological polar surface area (TPSA) is 0 Å². The van der Waals surface area contributed by atoms with Gasteiger partial charge in [0.2, 0.25) is 0 Å². The first-order valence-corrected chi connectivity index (χ1v) is 8.15. The van der Waals surface area contributed by atoms with Crippen molar-refractivity contribution < 1.29 is 25.8 Å². The molecular formula is C22H28Hf-2. The molecule has 1 aromatic carbocycles. The zero-order valence-electron chi connectivity index (χ0n) is 15.8. The van der Waals surface area contributed by atoms with E-state index in [9.17, 15) is 0 Å². The molecular weight excluding hydrogens is 443 g/mol. The standard InChI is InChI=1S/C12H13.C10H15.Hf/c1-8-9(2)11-6-4-5-7-12(11)10(8)3;1-7-6-10(4,5)9(3)8(7)2;/h4-6,9H,1-3H3;1-5H3;/q2*-1;. The summed E-state index contributed by atoms with van der Waals surface area (Å²) in [5, 5.41) is 0. The zero-order chi connectivity index (χ0) is 16.7. The third-order valence-electron chi connectivity index (χ3n) is 5.53. The Kier molecular flexibility index (Phi) is 6.61. The quantitative estimate of drug-likeness (QED) is 0.299. The molecule has 2 aliphatic carbocycles. The summed E-state index contributed by atoms with van der Waals surface area (Å²) < 4.78 is 0. The largest absolute Gasteiger partial charge is 0.263 e. The second-order valence-electron chi connectivity index (χ2n) is 7.16. The first kappa shape index (κ1) is 20.4. The van der Waals surface area contributed by atoms with Crippen molar-refractivity contribution in [1.29, 1.82) is 0 Å². The summed E-state index contributed by atoms with van der Waals surface area (Å²) in [7, 11) is 0. The summed E-state index contributed by atoms with van der Waals surface area (Å²) in [5.74, 6) is 0.595. The van der Waals surface area contributed by atoms with Crippen molar-refractivity contribution in [3.8, 4) is 0 Å². The molecule has 1 unspecified atom stereocenters. The molecule has 0 radical (unpaired) electrons. The van der Waals surface area contributed by atoms with Crippen LogP contribution in [0.5, 0.6) is 0 Å². The summed E-state index contributed by atoms with van der Waals surface area (Å²) in [6.45, 7) is 17.6. The summed E-state index contributed by atoms with van der Waals surface area (Å²) in [5.41, 5.74) is 10.1. The summed E-state index contributed by atoms with van der Waals surface area (Å²) >= 11 is 0. The van der Waals surface area contributed by atoms with Crippen LogP contribution in [-0.4, -0.2) is 0 Å². The average Bonchev–Trinajstić information content (AvgIpc) is 2.81. The second-order valence-corrected chi connectivity index (χ2v) is 7.16. The van der Waals surface area contributed by atoms with Gasteiger partial charge in [0.05, 0.1) is 0 Å². The molecule has 1 heteroatoms. The molecule has 0 N–H and O–H groups in total. The minimum absolute atomic E-state index is 0. The van der Waals surface area contributed by atoms with E-state index in [1.165, 1.54) is 39.0 Å². The number of hydrogen-bond acceptors (Lipinski definition) is 0. The molecule has 2 aliphatic rings. The molecule has 3 rings (SSSR count). The zero-order valence-corrected chi connectivity index (χ0v) is 19.4. The van der Waals surface area contributed by atoms with Gasteiger partial charge in [-0.05, 0) is 5.92 Å². The number of benzene rings is 1. The summed E-state index contributed by atoms with van der Waals surface area (Å²) in [6.07, 6.45) is 3.44. The van der Waals surface area contributed by atoms with Crippen molar-refractivity contribution in [2.24, 2.45) is 5.41 Å². The van der Waals surface area contributed by atoms with Crippen molar-refractivity contribution in [3.63, 3.8) is 0 Å². The fourth-order valence-electron chi connectivity index (χ4n) is 3.30. The Morgan fingerprint density at radius 2 is 1.61 bits per heavy atom. The van der Waals surface area contributed by atoms with Gasteiger partial charge in [-0.25, -0.2) is 5.57 Å². The van der Waals surface area contributed by atoms with Gasteiger partial charge < -0.3 is 0 Å². The normalized spacial score (nSPS) is 21.4. The Morgan fingerprint density at radius 3 is 2.00 bits per heavy atom. The predicted octanol–water partition coefficient (Wildman–Crippen LogP) is 6.51. The molecule has 1 aromatic rings. The Hall–Kier alpha value is -0.690. The smallest absolute Gasteiger partial charge is 0 e. The molecule has 122 valence electrons. The third-order valence-corrected chi connectivity index (χ3v) is 5.53. The fourth-order valence-corrected chi connectivity index (χ4v) is 3.30. The maximum absolute atomic E-state index is 3.44. The van der Waals surface area contributed by atoms with Crippen LogP contribution in [0.25, 0.3) is 5.57 Å². The van der Waals surface area contributed by atoms with E-state index in [1.54, 1.807) is 0 Å². The van der Waals surface area contributed by atoms with Gasteiger partial charge in [-0.1, -0.05) is 53.9 Å². The Labute approximate surface area is 161 Å². The van der Waals surface area contributed by atoms with Crippen LogP contribution in [0, 0.1) is 17.6 Å². The monoisotopic (exact) mass is 472 g/mol. The predicted molar refractivity (Wildman–Crippen MR) is 96.5 cm³/mol. The minimum Gasteiger partial charge on any atom is -0.263 e. The SMILES string of the molecule is CC1=C(C)C(C)c2ccc[c-]c21.CC1=[C-]C(C)(C)C(C)=C1C.[Hf]. The van der Waals surface area contributed by atoms with Crippen molar-refractivity contribution >= 4 is 5.57 Å². The van der Waals surface area contributed by atoms with Crippen LogP contribution < -0.4 is 0 Å². The molecule has 0 nitrogen and oxygen atoms in total. The molecule has 0 saturated heterocycles. The number of fused-ring (bicyclic) bond motifs is 1. The Balaban J connectivity index is 0.000000224. The van der Waals surface area contributed by atoms with Crippen LogP contribution in [0.3, 0.4) is 0 Å². The van der Waals surface area contributed by atoms with E-state index in [0.717, 1.165) is 0 Å². The third kappa shape index (κ3) is 3.87. The number of hydrogen-bond donors (Lipinski definition) is 0. The molecule has 0 saturated carbocycles. The van der Waals surface area contributed by atoms with E-state index in [4.69, 9.17) is 0 Å². The maximum Gasteiger partial charge on any atom is 0 e.